The van der Waals surface area contributed by atoms with Crippen LogP contribution < -0.4 is 15.5 Å². The van der Waals surface area contributed by atoms with Gasteiger partial charge < -0.3 is 15.1 Å². The summed E-state index contributed by atoms with van der Waals surface area (Å²) in [5, 5.41) is 5.65. The first kappa shape index (κ1) is 24.2. The fraction of sp³-hybridized carbons (Fsp3) is 0.296. The van der Waals surface area contributed by atoms with E-state index in [4.69, 9.17) is 4.42 Å². The van der Waals surface area contributed by atoms with E-state index in [1.807, 2.05) is 0 Å². The number of anilines is 1. The largest absolute Gasteiger partial charge is 0.459 e. The van der Waals surface area contributed by atoms with Gasteiger partial charge in [-0.25, -0.2) is 4.39 Å². The van der Waals surface area contributed by atoms with E-state index in [1.54, 1.807) is 36.4 Å². The third-order valence-electron chi connectivity index (χ3n) is 6.09. The summed E-state index contributed by atoms with van der Waals surface area (Å²) in [5.74, 6) is -1.75. The summed E-state index contributed by atoms with van der Waals surface area (Å²) >= 11 is 0. The second-order valence-corrected chi connectivity index (χ2v) is 8.56. The van der Waals surface area contributed by atoms with Crippen LogP contribution in [-0.4, -0.2) is 30.3 Å². The maximum Gasteiger partial charge on any atom is 0.287 e. The zero-order chi connectivity index (χ0) is 24.6. The molecule has 1 aliphatic rings. The van der Waals surface area contributed by atoms with Crippen molar-refractivity contribution in [2.45, 2.75) is 44.2 Å². The summed E-state index contributed by atoms with van der Waals surface area (Å²) in [6.07, 6.45) is 6.32. The molecule has 0 saturated heterocycles. The Bertz CT molecular complexity index is 1130. The predicted molar refractivity (Wildman–Crippen MR) is 129 cm³/mol. The average molecular weight is 478 g/mol. The van der Waals surface area contributed by atoms with Crippen molar-refractivity contribution in [3.05, 3.63) is 90.1 Å². The van der Waals surface area contributed by atoms with Crippen molar-refractivity contribution < 1.29 is 23.2 Å². The molecule has 3 aromatic rings. The molecule has 0 aliphatic heterocycles. The molecule has 1 saturated carbocycles. The standard InChI is InChI=1S/C27H28FN3O4/c28-20-15-13-19(14-16-20)25(27(34)30-21-8-3-1-4-9-21)31(22-10-5-2-6-11-22)24(32)18-29-26(33)23-12-7-17-35-23/h2,5-7,10-17,21,25H,1,3-4,8-9,18H2,(H,29,33)(H,30,34)/t25-/m1/s1. The summed E-state index contributed by atoms with van der Waals surface area (Å²) < 4.78 is 18.8. The highest BCUT2D eigenvalue weighted by atomic mass is 19.1. The molecule has 1 aliphatic carbocycles. The van der Waals surface area contributed by atoms with Gasteiger partial charge in [-0.1, -0.05) is 49.6 Å². The minimum absolute atomic E-state index is 0.0191. The second-order valence-electron chi connectivity index (χ2n) is 8.56. The first-order valence-corrected chi connectivity index (χ1v) is 11.8. The minimum atomic E-state index is -1.05. The SMILES string of the molecule is O=C(NCC(=O)N(c1ccccc1)[C@@H](C(=O)NC1CCCCC1)c1ccc(F)cc1)c1ccco1. The lowest BCUT2D eigenvalue weighted by Crippen LogP contribution is -2.49. The highest BCUT2D eigenvalue weighted by molar-refractivity contribution is 6.04. The number of nitrogens with zero attached hydrogens (tertiary/aromatic N) is 1. The molecule has 0 unspecified atom stereocenters. The van der Waals surface area contributed by atoms with Gasteiger partial charge in [-0.05, 0) is 54.8 Å². The highest BCUT2D eigenvalue weighted by Crippen LogP contribution is 2.29. The Labute approximate surface area is 203 Å². The first-order valence-electron chi connectivity index (χ1n) is 11.8. The van der Waals surface area contributed by atoms with Crippen molar-refractivity contribution in [1.82, 2.24) is 10.6 Å². The number of hydrogen-bond acceptors (Lipinski definition) is 4. The van der Waals surface area contributed by atoms with Crippen LogP contribution in [0.2, 0.25) is 0 Å². The molecule has 0 spiro atoms. The number of para-hydroxylation sites is 1. The molecule has 3 amide bonds. The van der Waals surface area contributed by atoms with Gasteiger partial charge in [0.1, 0.15) is 11.9 Å². The summed E-state index contributed by atoms with van der Waals surface area (Å²) in [6.45, 7) is -0.358. The smallest absolute Gasteiger partial charge is 0.287 e. The van der Waals surface area contributed by atoms with Gasteiger partial charge in [0, 0.05) is 11.7 Å². The number of carbonyl (C=O) groups excluding carboxylic acids is 3. The van der Waals surface area contributed by atoms with E-state index in [0.29, 0.717) is 11.3 Å². The zero-order valence-electron chi connectivity index (χ0n) is 19.3. The summed E-state index contributed by atoms with van der Waals surface area (Å²) in [4.78, 5) is 40.9. The Hall–Kier alpha value is -3.94. The maximum atomic E-state index is 13.7. The Morgan fingerprint density at radius 3 is 2.31 bits per heavy atom. The zero-order valence-corrected chi connectivity index (χ0v) is 19.3. The molecule has 1 atom stereocenters. The quantitative estimate of drug-likeness (QED) is 0.504. The maximum absolute atomic E-state index is 13.7. The van der Waals surface area contributed by atoms with Gasteiger partial charge in [0.25, 0.3) is 5.91 Å². The van der Waals surface area contributed by atoms with Gasteiger partial charge in [-0.15, -0.1) is 0 Å². The van der Waals surface area contributed by atoms with Crippen LogP contribution in [0.25, 0.3) is 0 Å². The lowest BCUT2D eigenvalue weighted by molar-refractivity contribution is -0.127. The third kappa shape index (κ3) is 6.15. The van der Waals surface area contributed by atoms with Crippen molar-refractivity contribution in [1.29, 1.82) is 0 Å². The summed E-state index contributed by atoms with van der Waals surface area (Å²) in [5.41, 5.74) is 0.951. The van der Waals surface area contributed by atoms with Crippen molar-refractivity contribution in [2.24, 2.45) is 0 Å². The number of rotatable bonds is 8. The number of amides is 3. The van der Waals surface area contributed by atoms with Crippen molar-refractivity contribution in [2.75, 3.05) is 11.4 Å². The molecule has 0 radical (unpaired) electrons. The second kappa shape index (κ2) is 11.5. The number of halogens is 1. The van der Waals surface area contributed by atoms with E-state index >= 15 is 0 Å². The Balaban J connectivity index is 1.65. The van der Waals surface area contributed by atoms with Crippen molar-refractivity contribution >= 4 is 23.4 Å². The lowest BCUT2D eigenvalue weighted by Gasteiger charge is -2.33. The van der Waals surface area contributed by atoms with Gasteiger partial charge in [-0.2, -0.15) is 0 Å². The van der Waals surface area contributed by atoms with E-state index in [0.717, 1.165) is 32.1 Å². The van der Waals surface area contributed by atoms with E-state index in [1.165, 1.54) is 41.5 Å². The number of hydrogen-bond donors (Lipinski definition) is 2. The van der Waals surface area contributed by atoms with E-state index < -0.39 is 23.7 Å². The summed E-state index contributed by atoms with van der Waals surface area (Å²) in [6, 6.07) is 16.4. The number of benzene rings is 2. The van der Waals surface area contributed by atoms with Crippen LogP contribution in [0.1, 0.15) is 54.3 Å². The van der Waals surface area contributed by atoms with E-state index in [9.17, 15) is 18.8 Å². The molecule has 0 bridgehead atoms. The highest BCUT2D eigenvalue weighted by Gasteiger charge is 2.34. The van der Waals surface area contributed by atoms with Crippen LogP contribution in [0.5, 0.6) is 0 Å². The Morgan fingerprint density at radius 1 is 0.943 bits per heavy atom. The molecule has 182 valence electrons. The predicted octanol–water partition coefficient (Wildman–Crippen LogP) is 4.37. The van der Waals surface area contributed by atoms with Gasteiger partial charge in [0.2, 0.25) is 11.8 Å². The first-order chi connectivity index (χ1) is 17.0. The van der Waals surface area contributed by atoms with Crippen LogP contribution in [0.15, 0.2) is 77.4 Å². The fourth-order valence-corrected chi connectivity index (χ4v) is 4.35. The Kier molecular flexibility index (Phi) is 7.92. The molecular weight excluding hydrogens is 449 g/mol. The van der Waals surface area contributed by atoms with Crippen molar-refractivity contribution in [3.8, 4) is 0 Å². The molecule has 8 heteroatoms. The molecule has 2 N–H and O–H groups in total. The topological polar surface area (TPSA) is 91.7 Å². The van der Waals surface area contributed by atoms with Gasteiger partial charge in [0.05, 0.1) is 12.8 Å². The normalized spacial score (nSPS) is 14.7. The number of carbonyl (C=O) groups is 3. The lowest BCUT2D eigenvalue weighted by atomic mass is 9.94. The summed E-state index contributed by atoms with van der Waals surface area (Å²) in [7, 11) is 0. The van der Waals surface area contributed by atoms with E-state index in [-0.39, 0.29) is 24.3 Å². The monoisotopic (exact) mass is 477 g/mol. The van der Waals surface area contributed by atoms with Crippen LogP contribution in [-0.2, 0) is 9.59 Å². The molecule has 4 rings (SSSR count). The third-order valence-corrected chi connectivity index (χ3v) is 6.09. The molecule has 2 aromatic carbocycles. The minimum Gasteiger partial charge on any atom is -0.459 e. The van der Waals surface area contributed by atoms with Crippen LogP contribution in [0, 0.1) is 5.82 Å². The molecule has 7 nitrogen and oxygen atoms in total. The molecule has 1 aromatic heterocycles. The Morgan fingerprint density at radius 2 is 1.66 bits per heavy atom. The molecular formula is C27H28FN3O4. The fourth-order valence-electron chi connectivity index (χ4n) is 4.35. The average Bonchev–Trinajstić information content (AvgIpc) is 3.43. The molecule has 1 fully saturated rings. The molecule has 35 heavy (non-hydrogen) atoms. The number of furan rings is 1. The molecule has 1 heterocycles. The van der Waals surface area contributed by atoms with Crippen LogP contribution in [0.3, 0.4) is 0 Å². The van der Waals surface area contributed by atoms with Crippen LogP contribution in [0.4, 0.5) is 10.1 Å². The van der Waals surface area contributed by atoms with Gasteiger partial charge in [-0.3, -0.25) is 19.3 Å². The van der Waals surface area contributed by atoms with Gasteiger partial charge in [0.15, 0.2) is 5.76 Å². The van der Waals surface area contributed by atoms with Gasteiger partial charge >= 0.3 is 0 Å². The number of nitrogens with one attached hydrogen (secondary N) is 2. The van der Waals surface area contributed by atoms with Crippen LogP contribution >= 0.6 is 0 Å². The van der Waals surface area contributed by atoms with E-state index in [2.05, 4.69) is 10.6 Å². The van der Waals surface area contributed by atoms with Crippen molar-refractivity contribution in [3.63, 3.8) is 0 Å².